The number of amides is 2. The molecule has 1 aromatic heterocycles. The molecule has 0 bridgehead atoms. The average molecular weight is 420 g/mol. The number of hydrogen-bond donors (Lipinski definition) is 1. The van der Waals surface area contributed by atoms with Crippen molar-refractivity contribution in [3.05, 3.63) is 71.6 Å². The van der Waals surface area contributed by atoms with Crippen molar-refractivity contribution in [1.29, 1.82) is 0 Å². The van der Waals surface area contributed by atoms with Gasteiger partial charge in [-0.3, -0.25) is 9.59 Å². The van der Waals surface area contributed by atoms with Crippen LogP contribution in [0.25, 0.3) is 11.3 Å². The number of nitrogens with one attached hydrogen (secondary N) is 1. The number of thiazole rings is 1. The third-order valence-corrected chi connectivity index (χ3v) is 6.19. The highest BCUT2D eigenvalue weighted by atomic mass is 32.1. The fourth-order valence-electron chi connectivity index (χ4n) is 3.89. The summed E-state index contributed by atoms with van der Waals surface area (Å²) in [6.45, 7) is 0.0403. The van der Waals surface area contributed by atoms with Crippen LogP contribution in [0.2, 0.25) is 0 Å². The molecular weight excluding hydrogens is 394 g/mol. The van der Waals surface area contributed by atoms with Gasteiger partial charge < -0.3 is 10.2 Å². The fraction of sp³-hybridized carbons (Fsp3) is 0.292. The largest absolute Gasteiger partial charge is 0.326 e. The summed E-state index contributed by atoms with van der Waals surface area (Å²) in [5.41, 5.74) is 2.47. The molecule has 30 heavy (non-hydrogen) atoms. The van der Waals surface area contributed by atoms with E-state index in [1.165, 1.54) is 17.8 Å². The number of hydrogen-bond acceptors (Lipinski definition) is 4. The van der Waals surface area contributed by atoms with Crippen molar-refractivity contribution < 1.29 is 9.59 Å². The Bertz CT molecular complexity index is 982. The SMILES string of the molecule is O=C(CN(C(=O)c1ccccc1)C1CCCCC1)Nc1nc(-c2ccccc2)cs1. The number of anilines is 1. The van der Waals surface area contributed by atoms with Crippen molar-refractivity contribution in [3.63, 3.8) is 0 Å². The number of benzene rings is 2. The van der Waals surface area contributed by atoms with E-state index in [-0.39, 0.29) is 24.4 Å². The zero-order chi connectivity index (χ0) is 20.8. The molecule has 0 radical (unpaired) electrons. The molecular formula is C24H25N3O2S. The minimum Gasteiger partial charge on any atom is -0.326 e. The van der Waals surface area contributed by atoms with E-state index in [4.69, 9.17) is 0 Å². The molecule has 1 N–H and O–H groups in total. The van der Waals surface area contributed by atoms with E-state index in [0.717, 1.165) is 36.9 Å². The zero-order valence-electron chi connectivity index (χ0n) is 16.8. The van der Waals surface area contributed by atoms with E-state index >= 15 is 0 Å². The maximum Gasteiger partial charge on any atom is 0.254 e. The van der Waals surface area contributed by atoms with E-state index in [0.29, 0.717) is 10.7 Å². The fourth-order valence-corrected chi connectivity index (χ4v) is 4.63. The van der Waals surface area contributed by atoms with E-state index in [2.05, 4.69) is 10.3 Å². The molecule has 1 heterocycles. The summed E-state index contributed by atoms with van der Waals surface area (Å²) < 4.78 is 0. The van der Waals surface area contributed by atoms with Crippen molar-refractivity contribution >= 4 is 28.3 Å². The molecule has 1 saturated carbocycles. The van der Waals surface area contributed by atoms with Gasteiger partial charge in [-0.2, -0.15) is 0 Å². The van der Waals surface area contributed by atoms with Gasteiger partial charge in [0.1, 0.15) is 6.54 Å². The normalized spacial score (nSPS) is 14.3. The molecule has 2 amide bonds. The summed E-state index contributed by atoms with van der Waals surface area (Å²) in [7, 11) is 0. The third-order valence-electron chi connectivity index (χ3n) is 5.43. The number of rotatable bonds is 6. The van der Waals surface area contributed by atoms with Crippen LogP contribution in [-0.2, 0) is 4.79 Å². The van der Waals surface area contributed by atoms with Crippen molar-refractivity contribution in [2.24, 2.45) is 0 Å². The first-order chi connectivity index (χ1) is 14.7. The maximum absolute atomic E-state index is 13.2. The lowest BCUT2D eigenvalue weighted by Gasteiger charge is -2.34. The molecule has 0 saturated heterocycles. The first-order valence-electron chi connectivity index (χ1n) is 10.4. The van der Waals surface area contributed by atoms with Crippen LogP contribution < -0.4 is 5.32 Å². The molecule has 6 heteroatoms. The van der Waals surface area contributed by atoms with Gasteiger partial charge in [-0.15, -0.1) is 11.3 Å². The Kier molecular flexibility index (Phi) is 6.54. The van der Waals surface area contributed by atoms with Gasteiger partial charge in [0.05, 0.1) is 5.69 Å². The Morgan fingerprint density at radius 2 is 1.63 bits per heavy atom. The van der Waals surface area contributed by atoms with Crippen LogP contribution in [0.5, 0.6) is 0 Å². The minimum atomic E-state index is -0.209. The van der Waals surface area contributed by atoms with Crippen LogP contribution in [0.4, 0.5) is 5.13 Å². The number of aromatic nitrogens is 1. The quantitative estimate of drug-likeness (QED) is 0.595. The molecule has 1 aliphatic carbocycles. The van der Waals surface area contributed by atoms with Crippen LogP contribution in [0, 0.1) is 0 Å². The minimum absolute atomic E-state index is 0.0403. The number of nitrogens with zero attached hydrogens (tertiary/aromatic N) is 2. The van der Waals surface area contributed by atoms with Crippen molar-refractivity contribution in [2.75, 3.05) is 11.9 Å². The standard InChI is InChI=1S/C24H25N3O2S/c28-22(26-24-25-21(17-30-24)18-10-4-1-5-11-18)16-27(20-14-8-3-9-15-20)23(29)19-12-6-2-7-13-19/h1-2,4-7,10-13,17,20H,3,8-9,14-16H2,(H,25,26,28). The summed E-state index contributed by atoms with van der Waals surface area (Å²) in [5, 5.41) is 5.36. The Morgan fingerprint density at radius 1 is 0.967 bits per heavy atom. The second kappa shape index (κ2) is 9.67. The average Bonchev–Trinajstić information content (AvgIpc) is 3.27. The predicted molar refractivity (Wildman–Crippen MR) is 121 cm³/mol. The van der Waals surface area contributed by atoms with Crippen molar-refractivity contribution in [1.82, 2.24) is 9.88 Å². The highest BCUT2D eigenvalue weighted by molar-refractivity contribution is 7.14. The topological polar surface area (TPSA) is 62.3 Å². The molecule has 1 fully saturated rings. The van der Waals surface area contributed by atoms with Gasteiger partial charge in [-0.05, 0) is 25.0 Å². The zero-order valence-corrected chi connectivity index (χ0v) is 17.6. The molecule has 4 rings (SSSR count). The molecule has 0 atom stereocenters. The summed E-state index contributed by atoms with van der Waals surface area (Å²) in [6.07, 6.45) is 5.27. The highest BCUT2D eigenvalue weighted by Crippen LogP contribution is 2.26. The maximum atomic E-state index is 13.2. The number of carbonyl (C=O) groups excluding carboxylic acids is 2. The molecule has 0 unspecified atom stereocenters. The predicted octanol–water partition coefficient (Wildman–Crippen LogP) is 5.22. The molecule has 2 aromatic carbocycles. The lowest BCUT2D eigenvalue weighted by molar-refractivity contribution is -0.117. The van der Waals surface area contributed by atoms with Gasteiger partial charge in [-0.25, -0.2) is 4.98 Å². The highest BCUT2D eigenvalue weighted by Gasteiger charge is 2.28. The van der Waals surface area contributed by atoms with Gasteiger partial charge in [0.2, 0.25) is 5.91 Å². The lowest BCUT2D eigenvalue weighted by atomic mass is 9.93. The van der Waals surface area contributed by atoms with Crippen LogP contribution in [0.3, 0.4) is 0 Å². The molecule has 3 aromatic rings. The molecule has 154 valence electrons. The Hall–Kier alpha value is -2.99. The summed E-state index contributed by atoms with van der Waals surface area (Å²) >= 11 is 1.39. The molecule has 0 spiro atoms. The summed E-state index contributed by atoms with van der Waals surface area (Å²) in [5.74, 6) is -0.291. The van der Waals surface area contributed by atoms with Crippen LogP contribution in [0.1, 0.15) is 42.5 Å². The van der Waals surface area contributed by atoms with Crippen molar-refractivity contribution in [3.8, 4) is 11.3 Å². The summed E-state index contributed by atoms with van der Waals surface area (Å²) in [6, 6.07) is 19.2. The monoisotopic (exact) mass is 419 g/mol. The van der Waals surface area contributed by atoms with Gasteiger partial charge in [0.15, 0.2) is 5.13 Å². The smallest absolute Gasteiger partial charge is 0.254 e. The first kappa shape index (κ1) is 20.3. The summed E-state index contributed by atoms with van der Waals surface area (Å²) in [4.78, 5) is 32.2. The van der Waals surface area contributed by atoms with Crippen molar-refractivity contribution in [2.45, 2.75) is 38.1 Å². The van der Waals surface area contributed by atoms with Gasteiger partial charge in [0.25, 0.3) is 5.91 Å². The van der Waals surface area contributed by atoms with Crippen LogP contribution >= 0.6 is 11.3 Å². The van der Waals surface area contributed by atoms with E-state index in [9.17, 15) is 9.59 Å². The number of carbonyl (C=O) groups is 2. The van der Waals surface area contributed by atoms with Gasteiger partial charge in [-0.1, -0.05) is 67.8 Å². The van der Waals surface area contributed by atoms with Gasteiger partial charge in [0, 0.05) is 22.5 Å². The van der Waals surface area contributed by atoms with Crippen LogP contribution in [-0.4, -0.2) is 34.3 Å². The van der Waals surface area contributed by atoms with E-state index < -0.39 is 0 Å². The molecule has 1 aliphatic rings. The molecule has 5 nitrogen and oxygen atoms in total. The van der Waals surface area contributed by atoms with Crippen LogP contribution in [0.15, 0.2) is 66.0 Å². The second-order valence-corrected chi connectivity index (χ2v) is 8.40. The van der Waals surface area contributed by atoms with Gasteiger partial charge >= 0.3 is 0 Å². The lowest BCUT2D eigenvalue weighted by Crippen LogP contribution is -2.45. The van der Waals surface area contributed by atoms with E-state index in [1.807, 2.05) is 66.0 Å². The van der Waals surface area contributed by atoms with E-state index in [1.54, 1.807) is 4.90 Å². The molecule has 0 aliphatic heterocycles. The Morgan fingerprint density at radius 3 is 2.33 bits per heavy atom. The Labute approximate surface area is 180 Å². The third kappa shape index (κ3) is 4.94. The first-order valence-corrected chi connectivity index (χ1v) is 11.3. The Balaban J connectivity index is 1.46. The second-order valence-electron chi connectivity index (χ2n) is 7.54.